The van der Waals surface area contributed by atoms with E-state index in [0.29, 0.717) is 0 Å². The number of nitrogens with one attached hydrogen (secondary N) is 1. The molecule has 2 aliphatic heterocycles. The van der Waals surface area contributed by atoms with Crippen LogP contribution in [-0.2, 0) is 14.4 Å². The van der Waals surface area contributed by atoms with Crippen molar-refractivity contribution in [2.75, 3.05) is 19.6 Å². The lowest BCUT2D eigenvalue weighted by molar-refractivity contribution is -0.194. The van der Waals surface area contributed by atoms with Gasteiger partial charge in [0.25, 0.3) is 5.91 Å². The van der Waals surface area contributed by atoms with E-state index in [1.165, 1.54) is 0 Å². The molecule has 0 aromatic rings. The molecule has 0 saturated carbocycles. The quantitative estimate of drug-likeness (QED) is 0.766. The Morgan fingerprint density at radius 3 is 2.45 bits per heavy atom. The summed E-state index contributed by atoms with van der Waals surface area (Å²) in [6.07, 6.45) is -3.36. The van der Waals surface area contributed by atoms with Crippen molar-refractivity contribution in [1.29, 1.82) is 0 Å². The van der Waals surface area contributed by atoms with E-state index in [1.807, 2.05) is 12.2 Å². The normalized spacial score (nSPS) is 30.2. The summed E-state index contributed by atoms with van der Waals surface area (Å²) in [4.78, 5) is 41.2. The number of allylic oxidation sites excluding steroid dienone is 1. The summed E-state index contributed by atoms with van der Waals surface area (Å²) in [5, 5.41) is 1.83. The third-order valence-corrected chi connectivity index (χ3v) is 6.21. The van der Waals surface area contributed by atoms with Gasteiger partial charge in [0.1, 0.15) is 0 Å². The highest BCUT2D eigenvalue weighted by Crippen LogP contribution is 2.51. The number of hydrogen-bond donors (Lipinski definition) is 1. The van der Waals surface area contributed by atoms with Crippen LogP contribution in [0.2, 0.25) is 0 Å². The zero-order valence-electron chi connectivity index (χ0n) is 17.3. The highest BCUT2D eigenvalue weighted by atomic mass is 19.4. The smallest absolute Gasteiger partial charge is 0.331 e. The van der Waals surface area contributed by atoms with Crippen LogP contribution < -0.4 is 5.32 Å². The molecule has 2 heterocycles. The fourth-order valence-electron chi connectivity index (χ4n) is 5.01. The Morgan fingerprint density at radius 1 is 1.24 bits per heavy atom. The predicted molar refractivity (Wildman–Crippen MR) is 99.6 cm³/mol. The Morgan fingerprint density at radius 2 is 1.90 bits per heavy atom. The molecule has 9 heteroatoms. The van der Waals surface area contributed by atoms with Gasteiger partial charge in [-0.1, -0.05) is 20.8 Å². The number of nitrogens with zero attached hydrogens (tertiary/aromatic N) is 2. The van der Waals surface area contributed by atoms with Crippen molar-refractivity contribution < 1.29 is 27.6 Å². The van der Waals surface area contributed by atoms with Crippen molar-refractivity contribution >= 4 is 17.6 Å². The maximum atomic E-state index is 14.3. The molecule has 0 radical (unpaired) electrons. The lowest BCUT2D eigenvalue weighted by Gasteiger charge is -2.35. The molecule has 162 valence electrons. The van der Waals surface area contributed by atoms with E-state index in [0.717, 1.165) is 37.8 Å². The monoisotopic (exact) mass is 415 g/mol. The maximum absolute atomic E-state index is 14.3. The molecule has 1 aliphatic carbocycles. The summed E-state index contributed by atoms with van der Waals surface area (Å²) in [5.41, 5.74) is -4.33. The summed E-state index contributed by atoms with van der Waals surface area (Å²) in [6, 6.07) is -0.0702. The molecular weight excluding hydrogens is 387 g/mol. The third-order valence-electron chi connectivity index (χ3n) is 6.21. The fraction of sp³-hybridized carbons (Fsp3) is 0.750. The molecule has 0 aromatic carbocycles. The SMILES string of the molecule is CCN1CCCC1CN1C(=O)C(NC(C)=O)(C(F)(F)F)C2=C1CC(C)(C)CC2=O. The Kier molecular flexibility index (Phi) is 5.34. The molecule has 2 unspecified atom stereocenters. The number of carbonyl (C=O) groups excluding carboxylic acids is 3. The maximum Gasteiger partial charge on any atom is 0.425 e. The molecule has 0 aromatic heterocycles. The zero-order chi connectivity index (χ0) is 21.8. The second kappa shape index (κ2) is 7.11. The minimum absolute atomic E-state index is 0.0702. The topological polar surface area (TPSA) is 69.7 Å². The number of alkyl halides is 3. The standard InChI is InChI=1S/C20H28F3N3O3/c1-5-25-8-6-7-13(25)11-26-14-9-18(3,4)10-15(28)16(14)19(17(26)29,20(21,22)23)24-12(2)27/h13H,5-11H2,1-4H3,(H,24,27). The van der Waals surface area contributed by atoms with Crippen LogP contribution in [0.4, 0.5) is 13.2 Å². The van der Waals surface area contributed by atoms with Crippen molar-refractivity contribution in [1.82, 2.24) is 15.1 Å². The van der Waals surface area contributed by atoms with Gasteiger partial charge in [0, 0.05) is 31.6 Å². The van der Waals surface area contributed by atoms with Crippen molar-refractivity contribution in [2.24, 2.45) is 5.41 Å². The number of likely N-dealkylation sites (N-methyl/N-ethyl adjacent to an activating group) is 1. The van der Waals surface area contributed by atoms with E-state index in [1.54, 1.807) is 13.8 Å². The molecule has 0 spiro atoms. The van der Waals surface area contributed by atoms with Gasteiger partial charge in [-0.15, -0.1) is 0 Å². The Balaban J connectivity index is 2.14. The van der Waals surface area contributed by atoms with Crippen LogP contribution in [0.25, 0.3) is 0 Å². The van der Waals surface area contributed by atoms with E-state index in [-0.39, 0.29) is 31.1 Å². The van der Waals surface area contributed by atoms with E-state index >= 15 is 0 Å². The molecule has 1 N–H and O–H groups in total. The predicted octanol–water partition coefficient (Wildman–Crippen LogP) is 2.39. The van der Waals surface area contributed by atoms with Gasteiger partial charge in [0.15, 0.2) is 5.78 Å². The molecular formula is C20H28F3N3O3. The van der Waals surface area contributed by atoms with Crippen molar-refractivity contribution in [2.45, 2.75) is 71.1 Å². The number of ketones is 1. The van der Waals surface area contributed by atoms with E-state index in [4.69, 9.17) is 0 Å². The van der Waals surface area contributed by atoms with Crippen molar-refractivity contribution in [3.63, 3.8) is 0 Å². The van der Waals surface area contributed by atoms with E-state index < -0.39 is 40.3 Å². The number of likely N-dealkylation sites (tertiary alicyclic amines) is 1. The molecule has 1 saturated heterocycles. The van der Waals surface area contributed by atoms with Crippen LogP contribution >= 0.6 is 0 Å². The first-order valence-electron chi connectivity index (χ1n) is 10.0. The molecule has 6 nitrogen and oxygen atoms in total. The van der Waals surface area contributed by atoms with Crippen molar-refractivity contribution in [3.05, 3.63) is 11.3 Å². The van der Waals surface area contributed by atoms with Crippen LogP contribution in [0.3, 0.4) is 0 Å². The summed E-state index contributed by atoms with van der Waals surface area (Å²) in [7, 11) is 0. The number of hydrogen-bond acceptors (Lipinski definition) is 4. The highest BCUT2D eigenvalue weighted by Gasteiger charge is 2.71. The largest absolute Gasteiger partial charge is 0.425 e. The van der Waals surface area contributed by atoms with Gasteiger partial charge in [0.05, 0.1) is 5.57 Å². The number of amides is 2. The summed E-state index contributed by atoms with van der Waals surface area (Å²) >= 11 is 0. The van der Waals surface area contributed by atoms with Gasteiger partial charge in [-0.2, -0.15) is 13.2 Å². The van der Waals surface area contributed by atoms with Crippen molar-refractivity contribution in [3.8, 4) is 0 Å². The van der Waals surface area contributed by atoms with Crippen LogP contribution in [0, 0.1) is 5.41 Å². The number of halogens is 3. The Hall–Kier alpha value is -1.90. The van der Waals surface area contributed by atoms with Crippen LogP contribution in [0.1, 0.15) is 53.4 Å². The molecule has 2 atom stereocenters. The molecule has 1 fully saturated rings. The van der Waals surface area contributed by atoms with Gasteiger partial charge in [0.2, 0.25) is 11.4 Å². The summed E-state index contributed by atoms with van der Waals surface area (Å²) in [5.74, 6) is -2.99. The van der Waals surface area contributed by atoms with Gasteiger partial charge in [-0.3, -0.25) is 19.3 Å². The average molecular weight is 415 g/mol. The van der Waals surface area contributed by atoms with Gasteiger partial charge in [-0.25, -0.2) is 0 Å². The second-order valence-corrected chi connectivity index (χ2v) is 9.03. The third kappa shape index (κ3) is 3.47. The summed E-state index contributed by atoms with van der Waals surface area (Å²) < 4.78 is 43.0. The van der Waals surface area contributed by atoms with E-state index in [9.17, 15) is 27.6 Å². The average Bonchev–Trinajstić information content (AvgIpc) is 3.10. The lowest BCUT2D eigenvalue weighted by Crippen LogP contribution is -2.66. The number of Topliss-reactive ketones (excluding diaryl/α,β-unsaturated/α-hetero) is 1. The van der Waals surface area contributed by atoms with Gasteiger partial charge in [-0.05, 0) is 37.8 Å². The van der Waals surface area contributed by atoms with E-state index in [2.05, 4.69) is 4.90 Å². The van der Waals surface area contributed by atoms with Crippen LogP contribution in [-0.4, -0.2) is 64.8 Å². The molecule has 29 heavy (non-hydrogen) atoms. The van der Waals surface area contributed by atoms with Crippen LogP contribution in [0.15, 0.2) is 11.3 Å². The second-order valence-electron chi connectivity index (χ2n) is 9.03. The molecule has 0 bridgehead atoms. The first-order chi connectivity index (χ1) is 13.3. The first kappa shape index (κ1) is 21.8. The number of rotatable bonds is 4. The fourth-order valence-corrected chi connectivity index (χ4v) is 5.01. The molecule has 2 amide bonds. The zero-order valence-corrected chi connectivity index (χ0v) is 17.3. The van der Waals surface area contributed by atoms with Gasteiger partial charge >= 0.3 is 6.18 Å². The molecule has 3 rings (SSSR count). The minimum atomic E-state index is -5.12. The first-order valence-corrected chi connectivity index (χ1v) is 10.0. The highest BCUT2D eigenvalue weighted by molar-refractivity contribution is 6.13. The Bertz CT molecular complexity index is 775. The lowest BCUT2D eigenvalue weighted by atomic mass is 9.72. The Labute approximate surface area is 168 Å². The summed E-state index contributed by atoms with van der Waals surface area (Å²) in [6.45, 7) is 8.16. The number of carbonyl (C=O) groups is 3. The minimum Gasteiger partial charge on any atom is -0.331 e. The molecule has 3 aliphatic rings. The van der Waals surface area contributed by atoms with Crippen LogP contribution in [0.5, 0.6) is 0 Å². The van der Waals surface area contributed by atoms with Gasteiger partial charge < -0.3 is 10.2 Å².